The highest BCUT2D eigenvalue weighted by molar-refractivity contribution is 7.84. The molecule has 9 nitrogen and oxygen atoms in total. The van der Waals surface area contributed by atoms with Gasteiger partial charge in [0, 0.05) is 75.8 Å². The highest BCUT2D eigenvalue weighted by Gasteiger charge is 2.32. The van der Waals surface area contributed by atoms with Crippen LogP contribution >= 0.6 is 0 Å². The number of pyridine rings is 1. The van der Waals surface area contributed by atoms with Crippen molar-refractivity contribution >= 4 is 22.3 Å². The minimum absolute atomic E-state index is 0.0706. The zero-order valence-electron chi connectivity index (χ0n) is 23.2. The molecule has 3 heterocycles. The van der Waals surface area contributed by atoms with Crippen LogP contribution in [0.25, 0.3) is 11.5 Å². The second-order valence-corrected chi connectivity index (χ2v) is 11.4. The van der Waals surface area contributed by atoms with Gasteiger partial charge < -0.3 is 14.8 Å². The van der Waals surface area contributed by atoms with Crippen molar-refractivity contribution in [3.63, 3.8) is 0 Å². The molecule has 12 heteroatoms. The fraction of sp³-hybridized carbons (Fsp3) is 0.379. The van der Waals surface area contributed by atoms with E-state index in [4.69, 9.17) is 19.6 Å². The van der Waals surface area contributed by atoms with Gasteiger partial charge in [0.15, 0.2) is 17.4 Å². The lowest BCUT2D eigenvalue weighted by atomic mass is 10.1. The third-order valence-electron chi connectivity index (χ3n) is 6.68. The number of ether oxygens (including phenoxy) is 2. The Bertz CT molecular complexity index is 1520. The molecule has 0 aliphatic heterocycles. The normalized spacial score (nSPS) is 13.7. The summed E-state index contributed by atoms with van der Waals surface area (Å²) in [5, 5.41) is 8.02. The first-order valence-corrected chi connectivity index (χ1v) is 15.2. The molecular weight excluding hydrogens is 550 g/mol. The Morgan fingerprint density at radius 3 is 2.54 bits per heavy atom. The molecule has 0 spiro atoms. The number of nitrogens with zero attached hydrogens (tertiary/aromatic N) is 5. The summed E-state index contributed by atoms with van der Waals surface area (Å²) >= 11 is 0. The van der Waals surface area contributed by atoms with Crippen molar-refractivity contribution in [2.24, 2.45) is 0 Å². The molecule has 1 aliphatic rings. The molecule has 0 bridgehead atoms. The lowest BCUT2D eigenvalue weighted by Crippen LogP contribution is -2.10. The molecule has 0 amide bonds. The summed E-state index contributed by atoms with van der Waals surface area (Å²) in [5.74, 6) is 0.799. The Hall–Kier alpha value is -3.93. The number of halogens is 2. The molecule has 0 radical (unpaired) electrons. The smallest absolute Gasteiger partial charge is 0.182 e. The standard InChI is InChI=1S/C29H32F2N6O3S/c1-4-39-21-14-23(30)22(24(31)15-21)17-37-27(19-6-7-19)18(2)26(36-37)29-33-16-25(40-12-5-13-41(3)38)28(35-29)34-20-8-10-32-11-9-20/h8-11,14-16,19H,4-7,12-13,17H2,1-3H3,(H,32,33,34,35). The van der Waals surface area contributed by atoms with Gasteiger partial charge in [-0.2, -0.15) is 5.10 Å². The van der Waals surface area contributed by atoms with Gasteiger partial charge in [-0.05, 0) is 45.2 Å². The van der Waals surface area contributed by atoms with Crippen LogP contribution in [0.1, 0.15) is 48.9 Å². The monoisotopic (exact) mass is 582 g/mol. The Kier molecular flexibility index (Phi) is 8.87. The van der Waals surface area contributed by atoms with Crippen LogP contribution in [0.3, 0.4) is 0 Å². The van der Waals surface area contributed by atoms with E-state index in [1.165, 1.54) is 12.1 Å². The van der Waals surface area contributed by atoms with Crippen LogP contribution in [0.5, 0.6) is 11.5 Å². The van der Waals surface area contributed by atoms with Crippen LogP contribution < -0.4 is 14.8 Å². The summed E-state index contributed by atoms with van der Waals surface area (Å²) in [6.45, 7) is 4.29. The number of rotatable bonds is 13. The fourth-order valence-corrected chi connectivity index (χ4v) is 5.12. The van der Waals surface area contributed by atoms with Gasteiger partial charge in [0.05, 0.1) is 26.0 Å². The number of hydrogen-bond donors (Lipinski definition) is 1. The molecule has 0 saturated heterocycles. The maximum Gasteiger partial charge on any atom is 0.182 e. The number of benzene rings is 1. The van der Waals surface area contributed by atoms with Crippen molar-refractivity contribution < 1.29 is 22.5 Å². The molecule has 3 aromatic heterocycles. The van der Waals surface area contributed by atoms with E-state index in [2.05, 4.69) is 15.3 Å². The second kappa shape index (κ2) is 12.7. The van der Waals surface area contributed by atoms with E-state index < -0.39 is 22.4 Å². The van der Waals surface area contributed by atoms with E-state index in [1.807, 2.05) is 6.92 Å². The Balaban J connectivity index is 1.49. The number of nitrogens with one attached hydrogen (secondary N) is 1. The van der Waals surface area contributed by atoms with E-state index in [1.54, 1.807) is 48.6 Å². The van der Waals surface area contributed by atoms with Gasteiger partial charge in [-0.25, -0.2) is 18.7 Å². The van der Waals surface area contributed by atoms with E-state index >= 15 is 0 Å². The molecule has 1 aliphatic carbocycles. The van der Waals surface area contributed by atoms with Crippen LogP contribution in [-0.2, 0) is 17.3 Å². The Morgan fingerprint density at radius 2 is 1.88 bits per heavy atom. The van der Waals surface area contributed by atoms with Crippen LogP contribution in [-0.4, -0.2) is 54.2 Å². The SMILES string of the molecule is CCOc1cc(F)c(Cn2nc(-c3ncc(OCCCS(C)=O)c(Nc4ccncc4)n3)c(C)c2C2CC2)c(F)c1. The van der Waals surface area contributed by atoms with Gasteiger partial charge in [0.1, 0.15) is 23.1 Å². The first-order chi connectivity index (χ1) is 19.8. The highest BCUT2D eigenvalue weighted by atomic mass is 32.2. The van der Waals surface area contributed by atoms with Gasteiger partial charge in [0.25, 0.3) is 0 Å². The second-order valence-electron chi connectivity index (χ2n) is 9.84. The largest absolute Gasteiger partial charge is 0.494 e. The topological polar surface area (TPSA) is 104 Å². The summed E-state index contributed by atoms with van der Waals surface area (Å²) in [7, 11) is -0.908. The first kappa shape index (κ1) is 28.6. The van der Waals surface area contributed by atoms with Gasteiger partial charge in [-0.15, -0.1) is 0 Å². The number of hydrogen-bond acceptors (Lipinski definition) is 8. The summed E-state index contributed by atoms with van der Waals surface area (Å²) in [6, 6.07) is 6.01. The van der Waals surface area contributed by atoms with Crippen molar-refractivity contribution in [3.8, 4) is 23.0 Å². The molecular formula is C29H32F2N6O3S. The van der Waals surface area contributed by atoms with E-state index in [9.17, 15) is 13.0 Å². The van der Waals surface area contributed by atoms with Crippen molar-refractivity contribution in [3.05, 3.63) is 71.3 Å². The Morgan fingerprint density at radius 1 is 1.15 bits per heavy atom. The van der Waals surface area contributed by atoms with Crippen molar-refractivity contribution in [2.75, 3.05) is 30.5 Å². The average molecular weight is 583 g/mol. The molecule has 1 unspecified atom stereocenters. The Labute approximate surface area is 239 Å². The van der Waals surface area contributed by atoms with E-state index in [0.29, 0.717) is 48.5 Å². The average Bonchev–Trinajstić information content (AvgIpc) is 3.72. The summed E-state index contributed by atoms with van der Waals surface area (Å²) in [5.41, 5.74) is 3.00. The molecule has 1 N–H and O–H groups in total. The number of aromatic nitrogens is 5. The lowest BCUT2D eigenvalue weighted by Gasteiger charge is -2.13. The zero-order chi connectivity index (χ0) is 28.9. The number of anilines is 2. The quantitative estimate of drug-likeness (QED) is 0.205. The van der Waals surface area contributed by atoms with E-state index in [0.717, 1.165) is 29.8 Å². The minimum Gasteiger partial charge on any atom is -0.494 e. The molecule has 216 valence electrons. The van der Waals surface area contributed by atoms with Crippen LogP contribution in [0.4, 0.5) is 20.3 Å². The van der Waals surface area contributed by atoms with Crippen molar-refractivity contribution in [2.45, 2.75) is 45.6 Å². The molecule has 4 aromatic rings. The van der Waals surface area contributed by atoms with Gasteiger partial charge in [-0.3, -0.25) is 13.9 Å². The van der Waals surface area contributed by atoms with Crippen LogP contribution in [0.15, 0.2) is 42.9 Å². The zero-order valence-corrected chi connectivity index (χ0v) is 24.0. The maximum atomic E-state index is 14.9. The molecule has 41 heavy (non-hydrogen) atoms. The predicted molar refractivity (Wildman–Crippen MR) is 153 cm³/mol. The third kappa shape index (κ3) is 6.87. The molecule has 1 saturated carbocycles. The van der Waals surface area contributed by atoms with Crippen LogP contribution in [0, 0.1) is 18.6 Å². The summed E-state index contributed by atoms with van der Waals surface area (Å²) in [4.78, 5) is 13.4. The predicted octanol–water partition coefficient (Wildman–Crippen LogP) is 5.54. The van der Waals surface area contributed by atoms with Gasteiger partial charge >= 0.3 is 0 Å². The highest BCUT2D eigenvalue weighted by Crippen LogP contribution is 2.44. The minimum atomic E-state index is -0.908. The molecule has 1 atom stereocenters. The maximum absolute atomic E-state index is 14.9. The van der Waals surface area contributed by atoms with E-state index in [-0.39, 0.29) is 23.8 Å². The van der Waals surface area contributed by atoms with Crippen molar-refractivity contribution in [1.29, 1.82) is 0 Å². The summed E-state index contributed by atoms with van der Waals surface area (Å²) < 4.78 is 54.2. The lowest BCUT2D eigenvalue weighted by molar-refractivity contribution is 0.317. The van der Waals surface area contributed by atoms with Crippen molar-refractivity contribution in [1.82, 2.24) is 24.7 Å². The third-order valence-corrected chi connectivity index (χ3v) is 7.54. The molecule has 5 rings (SSSR count). The van der Waals surface area contributed by atoms with Gasteiger partial charge in [0.2, 0.25) is 0 Å². The van der Waals surface area contributed by atoms with Crippen LogP contribution in [0.2, 0.25) is 0 Å². The molecule has 1 fully saturated rings. The fourth-order valence-electron chi connectivity index (χ4n) is 4.60. The molecule has 1 aromatic carbocycles. The van der Waals surface area contributed by atoms with Gasteiger partial charge in [-0.1, -0.05) is 0 Å². The summed E-state index contributed by atoms with van der Waals surface area (Å²) in [6.07, 6.45) is 9.13. The first-order valence-electron chi connectivity index (χ1n) is 13.5.